The molecule has 0 aliphatic heterocycles. The quantitative estimate of drug-likeness (QED) is 0.551. The molecule has 0 saturated carbocycles. The lowest BCUT2D eigenvalue weighted by atomic mass is 10.7. The van der Waals surface area contributed by atoms with Gasteiger partial charge >= 0.3 is 0 Å². The number of aliphatic imine (C=N–C) groups is 1. The van der Waals surface area contributed by atoms with Crippen molar-refractivity contribution in [2.24, 2.45) is 4.99 Å². The summed E-state index contributed by atoms with van der Waals surface area (Å²) in [4.78, 5) is 8.13. The largest absolute Gasteiger partial charge is 0.279 e. The Labute approximate surface area is 77.3 Å². The van der Waals surface area contributed by atoms with Crippen LogP contribution in [0.3, 0.4) is 0 Å². The van der Waals surface area contributed by atoms with E-state index in [4.69, 9.17) is 0 Å². The first-order chi connectivity index (χ1) is 5.79. The molecule has 0 unspecified atom stereocenters. The minimum atomic E-state index is 0.653. The third kappa shape index (κ3) is 1.76. The molecule has 0 fully saturated rings. The highest BCUT2D eigenvalue weighted by molar-refractivity contribution is 7.80. The summed E-state index contributed by atoms with van der Waals surface area (Å²) in [6.45, 7) is 3.79. The number of nitrogens with zero attached hydrogens (tertiary/aromatic N) is 3. The highest BCUT2D eigenvalue weighted by atomic mass is 32.1. The van der Waals surface area contributed by atoms with E-state index >= 15 is 0 Å². The van der Waals surface area contributed by atoms with E-state index in [0.29, 0.717) is 5.95 Å². The summed E-state index contributed by atoms with van der Waals surface area (Å²) in [6, 6.07) is 0. The molecular formula is C8H11N3S. The van der Waals surface area contributed by atoms with Crippen LogP contribution in [0.25, 0.3) is 6.20 Å². The third-order valence-corrected chi connectivity index (χ3v) is 1.63. The second-order valence-electron chi connectivity index (χ2n) is 2.16. The smallest absolute Gasteiger partial charge is 0.234 e. The van der Waals surface area contributed by atoms with Gasteiger partial charge in [0.1, 0.15) is 0 Å². The van der Waals surface area contributed by atoms with Gasteiger partial charge in [0.25, 0.3) is 0 Å². The Morgan fingerprint density at radius 3 is 2.92 bits per heavy atom. The summed E-state index contributed by atoms with van der Waals surface area (Å²) in [7, 11) is 0. The molecule has 0 aliphatic rings. The number of allylic oxidation sites excluding steroid dienone is 1. The molecule has 1 rings (SSSR count). The van der Waals surface area contributed by atoms with Gasteiger partial charge in [-0.05, 0) is 13.8 Å². The van der Waals surface area contributed by atoms with Crippen molar-refractivity contribution in [3.05, 3.63) is 12.3 Å². The zero-order valence-corrected chi connectivity index (χ0v) is 7.99. The second kappa shape index (κ2) is 4.11. The van der Waals surface area contributed by atoms with Crippen molar-refractivity contribution >= 4 is 31.0 Å². The number of aromatic nitrogens is 2. The highest BCUT2D eigenvalue weighted by Gasteiger charge is 2.00. The minimum absolute atomic E-state index is 0.653. The summed E-state index contributed by atoms with van der Waals surface area (Å²) in [5, 5.41) is 0.786. The van der Waals surface area contributed by atoms with E-state index in [1.807, 2.05) is 30.7 Å². The Bertz CT molecular complexity index is 312. The Hall–Kier alpha value is -1.03. The van der Waals surface area contributed by atoms with E-state index in [0.717, 1.165) is 5.03 Å². The lowest BCUT2D eigenvalue weighted by Gasteiger charge is -1.96. The first kappa shape index (κ1) is 9.06. The molecule has 0 aromatic carbocycles. The van der Waals surface area contributed by atoms with Crippen LogP contribution in [0.5, 0.6) is 0 Å². The molecule has 64 valence electrons. The van der Waals surface area contributed by atoms with Gasteiger partial charge in [0, 0.05) is 12.4 Å². The van der Waals surface area contributed by atoms with E-state index in [2.05, 4.69) is 22.6 Å². The Morgan fingerprint density at radius 2 is 2.33 bits per heavy atom. The predicted molar refractivity (Wildman–Crippen MR) is 54.3 cm³/mol. The number of rotatable bonds is 2. The molecule has 1 aromatic rings. The van der Waals surface area contributed by atoms with Crippen molar-refractivity contribution < 1.29 is 0 Å². The Balaban J connectivity index is 3.12. The molecule has 4 heteroatoms. The van der Waals surface area contributed by atoms with Gasteiger partial charge in [-0.15, -0.1) is 12.6 Å². The van der Waals surface area contributed by atoms with E-state index < -0.39 is 0 Å². The molecular weight excluding hydrogens is 170 g/mol. The average Bonchev–Trinajstić information content (AvgIpc) is 2.37. The lowest BCUT2D eigenvalue weighted by Crippen LogP contribution is -1.85. The van der Waals surface area contributed by atoms with Crippen molar-refractivity contribution in [3.63, 3.8) is 0 Å². The molecule has 0 spiro atoms. The number of thiol groups is 1. The fraction of sp³-hybridized carbons (Fsp3) is 0.250. The highest BCUT2D eigenvalue weighted by Crippen LogP contribution is 2.16. The van der Waals surface area contributed by atoms with Crippen molar-refractivity contribution in [3.8, 4) is 0 Å². The minimum Gasteiger partial charge on any atom is -0.279 e. The van der Waals surface area contributed by atoms with Crippen molar-refractivity contribution in [2.45, 2.75) is 18.9 Å². The SMILES string of the molecule is C/C=C\n1c(S)cnc1/N=C\C. The summed E-state index contributed by atoms with van der Waals surface area (Å²) in [6.07, 6.45) is 7.16. The fourth-order valence-electron chi connectivity index (χ4n) is 0.845. The average molecular weight is 181 g/mol. The van der Waals surface area contributed by atoms with Gasteiger partial charge < -0.3 is 0 Å². The number of hydrogen-bond donors (Lipinski definition) is 1. The zero-order chi connectivity index (χ0) is 8.97. The van der Waals surface area contributed by atoms with Gasteiger partial charge in [-0.3, -0.25) is 4.57 Å². The van der Waals surface area contributed by atoms with Crippen LogP contribution in [0, 0.1) is 0 Å². The maximum absolute atomic E-state index is 4.22. The first-order valence-corrected chi connectivity index (χ1v) is 4.12. The Morgan fingerprint density at radius 1 is 1.58 bits per heavy atom. The maximum Gasteiger partial charge on any atom is 0.234 e. The number of imidazole rings is 1. The second-order valence-corrected chi connectivity index (χ2v) is 2.61. The summed E-state index contributed by atoms with van der Waals surface area (Å²) in [5.74, 6) is 0.653. The number of hydrogen-bond acceptors (Lipinski definition) is 3. The van der Waals surface area contributed by atoms with Crippen molar-refractivity contribution in [1.82, 2.24) is 9.55 Å². The lowest BCUT2D eigenvalue weighted by molar-refractivity contribution is 1.01. The molecule has 0 N–H and O–H groups in total. The maximum atomic E-state index is 4.22. The summed E-state index contributed by atoms with van der Waals surface area (Å²) >= 11 is 4.22. The summed E-state index contributed by atoms with van der Waals surface area (Å²) < 4.78 is 1.81. The van der Waals surface area contributed by atoms with Crippen LogP contribution >= 0.6 is 12.6 Å². The molecule has 0 radical (unpaired) electrons. The molecule has 3 nitrogen and oxygen atoms in total. The fourth-order valence-corrected chi connectivity index (χ4v) is 1.06. The predicted octanol–water partition coefficient (Wildman–Crippen LogP) is 2.38. The van der Waals surface area contributed by atoms with Crippen LogP contribution in [0.2, 0.25) is 0 Å². The molecule has 1 aromatic heterocycles. The van der Waals surface area contributed by atoms with Gasteiger partial charge in [-0.25, -0.2) is 9.98 Å². The van der Waals surface area contributed by atoms with Crippen LogP contribution in [0.15, 0.2) is 22.3 Å². The van der Waals surface area contributed by atoms with Gasteiger partial charge in [-0.1, -0.05) is 6.08 Å². The van der Waals surface area contributed by atoms with Crippen LogP contribution in [0.4, 0.5) is 5.95 Å². The third-order valence-electron chi connectivity index (χ3n) is 1.30. The van der Waals surface area contributed by atoms with Gasteiger partial charge in [-0.2, -0.15) is 0 Å². The molecule has 0 saturated heterocycles. The Kier molecular flexibility index (Phi) is 3.10. The molecule has 0 atom stereocenters. The van der Waals surface area contributed by atoms with Crippen molar-refractivity contribution in [2.75, 3.05) is 0 Å². The zero-order valence-electron chi connectivity index (χ0n) is 7.10. The summed E-state index contributed by atoms with van der Waals surface area (Å²) in [5.41, 5.74) is 0. The topological polar surface area (TPSA) is 30.2 Å². The molecule has 1 heterocycles. The standard InChI is InChI=1S/C8H11N3S/c1-3-5-11-7(12)6-10-8(11)9-4-2/h3-6,12H,1-2H3/b5-3-,9-4-. The van der Waals surface area contributed by atoms with Crippen molar-refractivity contribution in [1.29, 1.82) is 0 Å². The monoisotopic (exact) mass is 181 g/mol. The van der Waals surface area contributed by atoms with E-state index in [9.17, 15) is 0 Å². The molecule has 0 amide bonds. The molecule has 12 heavy (non-hydrogen) atoms. The molecule has 0 aliphatic carbocycles. The van der Waals surface area contributed by atoms with Gasteiger partial charge in [0.05, 0.1) is 11.2 Å². The van der Waals surface area contributed by atoms with E-state index in [1.165, 1.54) is 0 Å². The van der Waals surface area contributed by atoms with Gasteiger partial charge in [0.2, 0.25) is 5.95 Å². The molecule has 0 bridgehead atoms. The normalized spacial score (nSPS) is 11.9. The first-order valence-electron chi connectivity index (χ1n) is 3.67. The van der Waals surface area contributed by atoms with E-state index in [-0.39, 0.29) is 0 Å². The van der Waals surface area contributed by atoms with Crippen LogP contribution in [-0.4, -0.2) is 15.8 Å². The van der Waals surface area contributed by atoms with Crippen LogP contribution in [-0.2, 0) is 0 Å². The van der Waals surface area contributed by atoms with Crippen LogP contribution in [0.1, 0.15) is 13.8 Å². The van der Waals surface area contributed by atoms with Gasteiger partial charge in [0.15, 0.2) is 0 Å². The van der Waals surface area contributed by atoms with Crippen LogP contribution < -0.4 is 0 Å². The van der Waals surface area contributed by atoms with E-state index in [1.54, 1.807) is 12.4 Å².